The van der Waals surface area contributed by atoms with E-state index in [2.05, 4.69) is 36.3 Å². The third-order valence-electron chi connectivity index (χ3n) is 1.90. The Morgan fingerprint density at radius 2 is 2.07 bits per heavy atom. The third kappa shape index (κ3) is 5.09. The first-order chi connectivity index (χ1) is 7.01. The molecule has 1 rings (SSSR count). The Morgan fingerprint density at radius 1 is 1.33 bits per heavy atom. The second-order valence-corrected chi connectivity index (χ2v) is 5.68. The largest absolute Gasteiger partial charge is 0.374 e. The van der Waals surface area contributed by atoms with Crippen molar-refractivity contribution >= 4 is 16.5 Å². The Labute approximate surface area is 95.1 Å². The zero-order chi connectivity index (χ0) is 11.3. The van der Waals surface area contributed by atoms with Crippen LogP contribution in [0.2, 0.25) is 0 Å². The molecule has 0 aliphatic rings. The van der Waals surface area contributed by atoms with Gasteiger partial charge in [0.1, 0.15) is 11.6 Å². The van der Waals surface area contributed by atoms with Crippen molar-refractivity contribution in [3.63, 3.8) is 0 Å². The Balaban J connectivity index is 2.20. The molecule has 5 heteroatoms. The van der Waals surface area contributed by atoms with Gasteiger partial charge in [-0.3, -0.25) is 0 Å². The first kappa shape index (κ1) is 12.4. The maximum atomic E-state index is 5.53. The lowest BCUT2D eigenvalue weighted by molar-refractivity contribution is 0.0957. The molecule has 0 aromatic carbocycles. The van der Waals surface area contributed by atoms with Crippen LogP contribution < -0.4 is 5.32 Å². The van der Waals surface area contributed by atoms with E-state index in [4.69, 9.17) is 4.74 Å². The van der Waals surface area contributed by atoms with E-state index >= 15 is 0 Å². The van der Waals surface area contributed by atoms with Gasteiger partial charge in [-0.15, -0.1) is 10.2 Å². The summed E-state index contributed by atoms with van der Waals surface area (Å²) in [5.41, 5.74) is 0.331. The minimum absolute atomic E-state index is 0.331. The van der Waals surface area contributed by atoms with Gasteiger partial charge in [0, 0.05) is 13.7 Å². The molecular weight excluding hydrogens is 210 g/mol. The van der Waals surface area contributed by atoms with Gasteiger partial charge in [-0.1, -0.05) is 32.1 Å². The lowest BCUT2D eigenvalue weighted by Crippen LogP contribution is -2.09. The zero-order valence-corrected chi connectivity index (χ0v) is 10.6. The Bertz CT molecular complexity index is 293. The van der Waals surface area contributed by atoms with Crippen molar-refractivity contribution in [2.45, 2.75) is 33.8 Å². The van der Waals surface area contributed by atoms with Crippen LogP contribution in [0.15, 0.2) is 0 Å². The van der Waals surface area contributed by atoms with Crippen LogP contribution in [0.5, 0.6) is 0 Å². The second kappa shape index (κ2) is 5.42. The summed E-state index contributed by atoms with van der Waals surface area (Å²) in [6, 6.07) is 0. The van der Waals surface area contributed by atoms with Crippen molar-refractivity contribution in [2.75, 3.05) is 19.0 Å². The number of aromatic nitrogens is 2. The van der Waals surface area contributed by atoms with Crippen molar-refractivity contribution in [1.29, 1.82) is 0 Å². The van der Waals surface area contributed by atoms with Gasteiger partial charge in [0.05, 0.1) is 0 Å². The van der Waals surface area contributed by atoms with Crippen molar-refractivity contribution in [3.8, 4) is 0 Å². The minimum Gasteiger partial charge on any atom is -0.374 e. The molecular formula is C10H19N3OS. The molecule has 4 nitrogen and oxygen atoms in total. The standard InChI is InChI=1S/C10H19N3OS/c1-10(2,3)5-6-14-7-8-12-13-9(11-4)15-8/h5-7H2,1-4H3,(H,11,13). The van der Waals surface area contributed by atoms with Gasteiger partial charge in [0.25, 0.3) is 0 Å². The predicted octanol–water partition coefficient (Wildman–Crippen LogP) is 2.53. The average molecular weight is 229 g/mol. The quantitative estimate of drug-likeness (QED) is 0.788. The molecule has 0 atom stereocenters. The molecule has 0 saturated carbocycles. The first-order valence-corrected chi connectivity index (χ1v) is 5.91. The highest BCUT2D eigenvalue weighted by Gasteiger charge is 2.10. The highest BCUT2D eigenvalue weighted by molar-refractivity contribution is 7.15. The van der Waals surface area contributed by atoms with Crippen LogP contribution in [0.1, 0.15) is 32.2 Å². The normalized spacial score (nSPS) is 11.7. The number of hydrogen-bond donors (Lipinski definition) is 1. The molecule has 0 aliphatic carbocycles. The van der Waals surface area contributed by atoms with Gasteiger partial charge in [-0.25, -0.2) is 0 Å². The number of nitrogens with one attached hydrogen (secondary N) is 1. The SMILES string of the molecule is CNc1nnc(COCCC(C)(C)C)s1. The lowest BCUT2D eigenvalue weighted by Gasteiger charge is -2.17. The fourth-order valence-corrected chi connectivity index (χ4v) is 1.58. The molecule has 86 valence electrons. The fourth-order valence-electron chi connectivity index (χ4n) is 0.951. The van der Waals surface area contributed by atoms with Crippen LogP contribution in [0, 0.1) is 5.41 Å². The van der Waals surface area contributed by atoms with Gasteiger partial charge in [0.15, 0.2) is 0 Å². The number of hydrogen-bond acceptors (Lipinski definition) is 5. The van der Waals surface area contributed by atoms with Crippen molar-refractivity contribution < 1.29 is 4.74 Å². The Hall–Kier alpha value is -0.680. The average Bonchev–Trinajstić information content (AvgIpc) is 2.59. The van der Waals surface area contributed by atoms with Crippen LogP contribution in [0.3, 0.4) is 0 Å². The van der Waals surface area contributed by atoms with Gasteiger partial charge in [0.2, 0.25) is 5.13 Å². The third-order valence-corrected chi connectivity index (χ3v) is 2.82. The van der Waals surface area contributed by atoms with Gasteiger partial charge in [-0.2, -0.15) is 0 Å². The molecule has 1 aromatic rings. The fraction of sp³-hybridized carbons (Fsp3) is 0.800. The van der Waals surface area contributed by atoms with E-state index in [-0.39, 0.29) is 0 Å². The summed E-state index contributed by atoms with van der Waals surface area (Å²) in [5.74, 6) is 0. The van der Waals surface area contributed by atoms with E-state index in [0.29, 0.717) is 12.0 Å². The monoisotopic (exact) mass is 229 g/mol. The number of ether oxygens (including phenoxy) is 1. The van der Waals surface area contributed by atoms with Crippen molar-refractivity contribution in [2.24, 2.45) is 5.41 Å². The number of rotatable bonds is 5. The summed E-state index contributed by atoms with van der Waals surface area (Å²) in [6.07, 6.45) is 1.06. The van der Waals surface area contributed by atoms with Crippen LogP contribution >= 0.6 is 11.3 Å². The van der Waals surface area contributed by atoms with Crippen molar-refractivity contribution in [1.82, 2.24) is 10.2 Å². The molecule has 0 fully saturated rings. The summed E-state index contributed by atoms with van der Waals surface area (Å²) in [6.45, 7) is 7.97. The van der Waals surface area contributed by atoms with Gasteiger partial charge in [-0.05, 0) is 11.8 Å². The topological polar surface area (TPSA) is 47.0 Å². The Morgan fingerprint density at radius 3 is 2.60 bits per heavy atom. The van der Waals surface area contributed by atoms with Crippen molar-refractivity contribution in [3.05, 3.63) is 5.01 Å². The summed E-state index contributed by atoms with van der Waals surface area (Å²) < 4.78 is 5.53. The minimum atomic E-state index is 0.331. The Kier molecular flexibility index (Phi) is 4.47. The summed E-state index contributed by atoms with van der Waals surface area (Å²) in [5, 5.41) is 12.7. The maximum absolute atomic E-state index is 5.53. The molecule has 0 bridgehead atoms. The molecule has 0 aliphatic heterocycles. The highest BCUT2D eigenvalue weighted by atomic mass is 32.1. The zero-order valence-electron chi connectivity index (χ0n) is 9.83. The summed E-state index contributed by atoms with van der Waals surface area (Å²) in [7, 11) is 1.84. The number of anilines is 1. The van der Waals surface area contributed by atoms with Gasteiger partial charge >= 0.3 is 0 Å². The van der Waals surface area contributed by atoms with Gasteiger partial charge < -0.3 is 10.1 Å². The first-order valence-electron chi connectivity index (χ1n) is 5.09. The summed E-state index contributed by atoms with van der Waals surface area (Å²) in [4.78, 5) is 0. The molecule has 1 aromatic heterocycles. The highest BCUT2D eigenvalue weighted by Crippen LogP contribution is 2.19. The molecule has 15 heavy (non-hydrogen) atoms. The van der Waals surface area contributed by atoms with Crippen LogP contribution in [0.25, 0.3) is 0 Å². The predicted molar refractivity (Wildman–Crippen MR) is 63.2 cm³/mol. The van der Waals surface area contributed by atoms with Crippen LogP contribution in [-0.4, -0.2) is 23.9 Å². The molecule has 0 amide bonds. The maximum Gasteiger partial charge on any atom is 0.205 e. The van der Waals surface area contributed by atoms with E-state index in [0.717, 1.165) is 23.2 Å². The van der Waals surface area contributed by atoms with Crippen LogP contribution in [0.4, 0.5) is 5.13 Å². The molecule has 1 heterocycles. The van der Waals surface area contributed by atoms with E-state index in [1.165, 1.54) is 11.3 Å². The van der Waals surface area contributed by atoms with Crippen LogP contribution in [-0.2, 0) is 11.3 Å². The summed E-state index contributed by atoms with van der Waals surface area (Å²) >= 11 is 1.53. The number of nitrogens with zero attached hydrogens (tertiary/aromatic N) is 2. The smallest absolute Gasteiger partial charge is 0.205 e. The van der Waals surface area contributed by atoms with E-state index < -0.39 is 0 Å². The molecule has 0 spiro atoms. The van der Waals surface area contributed by atoms with E-state index in [1.54, 1.807) is 0 Å². The van der Waals surface area contributed by atoms with E-state index in [9.17, 15) is 0 Å². The second-order valence-electron chi connectivity index (χ2n) is 4.61. The molecule has 1 N–H and O–H groups in total. The lowest BCUT2D eigenvalue weighted by atomic mass is 9.93. The van der Waals surface area contributed by atoms with E-state index in [1.807, 2.05) is 7.05 Å². The molecule has 0 saturated heterocycles. The molecule has 0 unspecified atom stereocenters. The molecule has 0 radical (unpaired) electrons.